The van der Waals surface area contributed by atoms with Crippen LogP contribution < -0.4 is 4.74 Å². The number of rotatable bonds is 6. The zero-order valence-corrected chi connectivity index (χ0v) is 14.9. The molecule has 1 unspecified atom stereocenters. The average molecular weight is 352 g/mol. The second kappa shape index (κ2) is 7.82. The molecule has 0 heterocycles. The normalized spacial score (nSPS) is 12.3. The minimum Gasteiger partial charge on any atom is -0.456 e. The Bertz CT molecular complexity index is 684. The standard InChI is InChI=1S/C18H19Cl2NO2/c1-12(11-21(2)3)18(22)13-4-7-15(8-5-13)23-17-9-6-14(19)10-16(17)20/h4-10,12H,11H2,1-3H3. The Morgan fingerprint density at radius 3 is 2.35 bits per heavy atom. The third kappa shape index (κ3) is 4.96. The van der Waals surface area contributed by atoms with E-state index < -0.39 is 0 Å². The molecule has 0 aliphatic rings. The van der Waals surface area contributed by atoms with E-state index in [-0.39, 0.29) is 11.7 Å². The molecule has 1 atom stereocenters. The van der Waals surface area contributed by atoms with E-state index in [1.807, 2.05) is 25.9 Å². The monoisotopic (exact) mass is 351 g/mol. The summed E-state index contributed by atoms with van der Waals surface area (Å²) in [5, 5.41) is 0.996. The van der Waals surface area contributed by atoms with Crippen molar-refractivity contribution in [1.29, 1.82) is 0 Å². The second-order valence-corrected chi connectivity index (χ2v) is 6.57. The fourth-order valence-corrected chi connectivity index (χ4v) is 2.73. The molecule has 0 aliphatic carbocycles. The van der Waals surface area contributed by atoms with E-state index in [0.717, 1.165) is 6.54 Å². The van der Waals surface area contributed by atoms with Crippen LogP contribution in [0.1, 0.15) is 17.3 Å². The van der Waals surface area contributed by atoms with Crippen molar-refractivity contribution in [3.8, 4) is 11.5 Å². The quantitative estimate of drug-likeness (QED) is 0.672. The van der Waals surface area contributed by atoms with Crippen molar-refractivity contribution >= 4 is 29.0 Å². The highest BCUT2D eigenvalue weighted by molar-refractivity contribution is 6.35. The summed E-state index contributed by atoms with van der Waals surface area (Å²) in [5.74, 6) is 1.21. The van der Waals surface area contributed by atoms with Gasteiger partial charge in [0.2, 0.25) is 0 Å². The maximum atomic E-state index is 12.3. The van der Waals surface area contributed by atoms with Crippen LogP contribution in [0.5, 0.6) is 11.5 Å². The maximum absolute atomic E-state index is 12.3. The van der Waals surface area contributed by atoms with Gasteiger partial charge in [0.25, 0.3) is 0 Å². The number of halogens is 2. The van der Waals surface area contributed by atoms with Gasteiger partial charge in [0.1, 0.15) is 11.5 Å². The lowest BCUT2D eigenvalue weighted by molar-refractivity contribution is 0.0910. The number of ketones is 1. The van der Waals surface area contributed by atoms with E-state index in [4.69, 9.17) is 27.9 Å². The Kier molecular flexibility index (Phi) is 6.05. The molecule has 2 aromatic rings. The van der Waals surface area contributed by atoms with Gasteiger partial charge in [-0.3, -0.25) is 4.79 Å². The molecular weight excluding hydrogens is 333 g/mol. The van der Waals surface area contributed by atoms with E-state index in [0.29, 0.717) is 27.1 Å². The zero-order valence-electron chi connectivity index (χ0n) is 13.3. The molecule has 0 radical (unpaired) electrons. The summed E-state index contributed by atoms with van der Waals surface area (Å²) in [5.41, 5.74) is 0.675. The van der Waals surface area contributed by atoms with Gasteiger partial charge in [-0.15, -0.1) is 0 Å². The summed E-state index contributed by atoms with van der Waals surface area (Å²) in [6.07, 6.45) is 0. The molecule has 0 amide bonds. The molecule has 5 heteroatoms. The molecule has 0 aromatic heterocycles. The van der Waals surface area contributed by atoms with Gasteiger partial charge in [-0.2, -0.15) is 0 Å². The molecule has 23 heavy (non-hydrogen) atoms. The summed E-state index contributed by atoms with van der Waals surface area (Å²) in [6, 6.07) is 12.1. The number of ether oxygens (including phenoxy) is 1. The summed E-state index contributed by atoms with van der Waals surface area (Å²) < 4.78 is 5.71. The van der Waals surface area contributed by atoms with Crippen molar-refractivity contribution in [2.45, 2.75) is 6.92 Å². The van der Waals surface area contributed by atoms with Crippen molar-refractivity contribution in [3.05, 3.63) is 58.1 Å². The van der Waals surface area contributed by atoms with Crippen LogP contribution >= 0.6 is 23.2 Å². The molecule has 122 valence electrons. The van der Waals surface area contributed by atoms with Gasteiger partial charge in [-0.1, -0.05) is 30.1 Å². The van der Waals surface area contributed by atoms with Crippen LogP contribution in [-0.2, 0) is 0 Å². The molecule has 2 rings (SSSR count). The van der Waals surface area contributed by atoms with E-state index in [1.165, 1.54) is 0 Å². The average Bonchev–Trinajstić information content (AvgIpc) is 2.49. The molecule has 0 saturated carbocycles. The lowest BCUT2D eigenvalue weighted by Crippen LogP contribution is -2.25. The van der Waals surface area contributed by atoms with Crippen molar-refractivity contribution in [2.75, 3.05) is 20.6 Å². The third-order valence-corrected chi connectivity index (χ3v) is 3.88. The first-order chi connectivity index (χ1) is 10.9. The Balaban J connectivity index is 2.08. The summed E-state index contributed by atoms with van der Waals surface area (Å²) in [7, 11) is 3.91. The van der Waals surface area contributed by atoms with E-state index >= 15 is 0 Å². The third-order valence-electron chi connectivity index (χ3n) is 3.35. The molecule has 0 aliphatic heterocycles. The molecule has 2 aromatic carbocycles. The lowest BCUT2D eigenvalue weighted by Gasteiger charge is -2.16. The highest BCUT2D eigenvalue weighted by atomic mass is 35.5. The van der Waals surface area contributed by atoms with Gasteiger partial charge in [0.15, 0.2) is 5.78 Å². The predicted molar refractivity (Wildman–Crippen MR) is 95.0 cm³/mol. The Morgan fingerprint density at radius 1 is 1.13 bits per heavy atom. The van der Waals surface area contributed by atoms with Gasteiger partial charge in [-0.25, -0.2) is 0 Å². The van der Waals surface area contributed by atoms with Crippen molar-refractivity contribution in [3.63, 3.8) is 0 Å². The van der Waals surface area contributed by atoms with Gasteiger partial charge in [0, 0.05) is 23.0 Å². The first kappa shape index (κ1) is 17.8. The van der Waals surface area contributed by atoms with Crippen molar-refractivity contribution in [2.24, 2.45) is 5.92 Å². The van der Waals surface area contributed by atoms with Crippen LogP contribution in [0.3, 0.4) is 0 Å². The van der Waals surface area contributed by atoms with Crippen LogP contribution in [0.25, 0.3) is 0 Å². The largest absolute Gasteiger partial charge is 0.456 e. The SMILES string of the molecule is CC(CN(C)C)C(=O)c1ccc(Oc2ccc(Cl)cc2Cl)cc1. The minimum atomic E-state index is -0.0533. The molecule has 0 N–H and O–H groups in total. The van der Waals surface area contributed by atoms with Crippen molar-refractivity contribution < 1.29 is 9.53 Å². The first-order valence-electron chi connectivity index (χ1n) is 7.28. The number of Topliss-reactive ketones (excluding diaryl/α,β-unsaturated/α-hetero) is 1. The molecule has 0 fully saturated rings. The van der Waals surface area contributed by atoms with Gasteiger partial charge in [0.05, 0.1) is 5.02 Å². The number of nitrogens with zero attached hydrogens (tertiary/aromatic N) is 1. The minimum absolute atomic E-state index is 0.0533. The van der Waals surface area contributed by atoms with Gasteiger partial charge >= 0.3 is 0 Å². The summed E-state index contributed by atoms with van der Waals surface area (Å²) >= 11 is 11.9. The number of benzene rings is 2. The molecular formula is C18H19Cl2NO2. The topological polar surface area (TPSA) is 29.5 Å². The van der Waals surface area contributed by atoms with E-state index in [9.17, 15) is 4.79 Å². The molecule has 0 saturated heterocycles. The van der Waals surface area contributed by atoms with E-state index in [1.54, 1.807) is 42.5 Å². The summed E-state index contributed by atoms with van der Waals surface area (Å²) in [4.78, 5) is 14.3. The zero-order chi connectivity index (χ0) is 17.0. The summed E-state index contributed by atoms with van der Waals surface area (Å²) in [6.45, 7) is 2.65. The van der Waals surface area contributed by atoms with Gasteiger partial charge < -0.3 is 9.64 Å². The Hall–Kier alpha value is -1.55. The Morgan fingerprint density at radius 2 is 1.78 bits per heavy atom. The fraction of sp³-hybridized carbons (Fsp3) is 0.278. The van der Waals surface area contributed by atoms with Crippen LogP contribution in [0.4, 0.5) is 0 Å². The number of carbonyl (C=O) groups is 1. The fourth-order valence-electron chi connectivity index (χ4n) is 2.29. The highest BCUT2D eigenvalue weighted by Gasteiger charge is 2.16. The van der Waals surface area contributed by atoms with Crippen LogP contribution in [0.2, 0.25) is 10.0 Å². The van der Waals surface area contributed by atoms with Crippen LogP contribution in [-0.4, -0.2) is 31.3 Å². The molecule has 0 spiro atoms. The first-order valence-corrected chi connectivity index (χ1v) is 8.04. The smallest absolute Gasteiger partial charge is 0.166 e. The predicted octanol–water partition coefficient (Wildman–Crippen LogP) is 5.17. The molecule has 3 nitrogen and oxygen atoms in total. The Labute approximate surface area is 146 Å². The van der Waals surface area contributed by atoms with E-state index in [2.05, 4.69) is 0 Å². The second-order valence-electron chi connectivity index (χ2n) is 5.73. The van der Waals surface area contributed by atoms with Gasteiger partial charge in [-0.05, 0) is 56.6 Å². The maximum Gasteiger partial charge on any atom is 0.166 e. The molecule has 0 bridgehead atoms. The van der Waals surface area contributed by atoms with Crippen LogP contribution in [0, 0.1) is 5.92 Å². The number of hydrogen-bond donors (Lipinski definition) is 0. The van der Waals surface area contributed by atoms with Crippen molar-refractivity contribution in [1.82, 2.24) is 4.90 Å². The number of hydrogen-bond acceptors (Lipinski definition) is 3. The lowest BCUT2D eigenvalue weighted by atomic mass is 9.99. The highest BCUT2D eigenvalue weighted by Crippen LogP contribution is 2.31. The van der Waals surface area contributed by atoms with Crippen LogP contribution in [0.15, 0.2) is 42.5 Å². The number of carbonyl (C=O) groups excluding carboxylic acids is 1.